The van der Waals surface area contributed by atoms with Crippen LogP contribution in [0.4, 0.5) is 5.69 Å². The van der Waals surface area contributed by atoms with Crippen molar-refractivity contribution in [2.75, 3.05) is 19.1 Å². The van der Waals surface area contributed by atoms with Gasteiger partial charge in [-0.2, -0.15) is 0 Å². The van der Waals surface area contributed by atoms with Gasteiger partial charge < -0.3 is 20.2 Å². The van der Waals surface area contributed by atoms with Crippen molar-refractivity contribution in [1.29, 1.82) is 0 Å². The standard InChI is InChI=1S/C23H25N3O3/c1-28-22-14-19(16-25-26-20-10-6-3-7-11-20)12-13-21(22)29-17-23(27)24-15-18-8-4-2-5-9-18/h2-14,25-26H,15-17H2,1H3,(H,24,27). The number of ether oxygens (including phenoxy) is 2. The minimum Gasteiger partial charge on any atom is -0.493 e. The van der Waals surface area contributed by atoms with Crippen molar-refractivity contribution in [3.8, 4) is 11.5 Å². The summed E-state index contributed by atoms with van der Waals surface area (Å²) in [6.07, 6.45) is 0. The van der Waals surface area contributed by atoms with E-state index in [1.54, 1.807) is 7.11 Å². The van der Waals surface area contributed by atoms with Crippen molar-refractivity contribution in [2.45, 2.75) is 13.1 Å². The maximum absolute atomic E-state index is 12.0. The van der Waals surface area contributed by atoms with Gasteiger partial charge in [-0.1, -0.05) is 54.6 Å². The summed E-state index contributed by atoms with van der Waals surface area (Å²) in [5, 5.41) is 2.84. The minimum absolute atomic E-state index is 0.0731. The molecule has 0 aromatic heterocycles. The second-order valence-corrected chi connectivity index (χ2v) is 6.38. The fourth-order valence-electron chi connectivity index (χ4n) is 2.70. The van der Waals surface area contributed by atoms with Crippen LogP contribution in [0.5, 0.6) is 11.5 Å². The number of amides is 1. The summed E-state index contributed by atoms with van der Waals surface area (Å²) in [6, 6.07) is 25.2. The summed E-state index contributed by atoms with van der Waals surface area (Å²) in [7, 11) is 1.58. The minimum atomic E-state index is -0.186. The van der Waals surface area contributed by atoms with E-state index < -0.39 is 0 Å². The van der Waals surface area contributed by atoms with Gasteiger partial charge in [0.1, 0.15) is 0 Å². The molecular formula is C23H25N3O3. The monoisotopic (exact) mass is 391 g/mol. The van der Waals surface area contributed by atoms with Crippen molar-refractivity contribution in [3.63, 3.8) is 0 Å². The number of hydrogen-bond donors (Lipinski definition) is 3. The molecule has 0 fully saturated rings. The number of nitrogens with one attached hydrogen (secondary N) is 3. The Balaban J connectivity index is 1.47. The molecule has 0 heterocycles. The highest BCUT2D eigenvalue weighted by molar-refractivity contribution is 5.77. The Kier molecular flexibility index (Phi) is 7.48. The molecule has 3 rings (SSSR count). The summed E-state index contributed by atoms with van der Waals surface area (Å²) in [5.74, 6) is 0.927. The van der Waals surface area contributed by atoms with Gasteiger partial charge in [0.2, 0.25) is 0 Å². The molecule has 0 spiro atoms. The summed E-state index contributed by atoms with van der Waals surface area (Å²) in [6.45, 7) is 0.999. The van der Waals surface area contributed by atoms with E-state index in [4.69, 9.17) is 9.47 Å². The Morgan fingerprint density at radius 2 is 1.55 bits per heavy atom. The molecule has 0 saturated carbocycles. The van der Waals surface area contributed by atoms with Crippen LogP contribution in [0.2, 0.25) is 0 Å². The molecular weight excluding hydrogens is 366 g/mol. The average molecular weight is 391 g/mol. The van der Waals surface area contributed by atoms with E-state index in [9.17, 15) is 4.79 Å². The van der Waals surface area contributed by atoms with Gasteiger partial charge in [-0.25, -0.2) is 5.43 Å². The molecule has 29 heavy (non-hydrogen) atoms. The van der Waals surface area contributed by atoms with E-state index in [1.807, 2.05) is 78.9 Å². The van der Waals surface area contributed by atoms with Gasteiger partial charge in [0.15, 0.2) is 18.1 Å². The van der Waals surface area contributed by atoms with Crippen LogP contribution in [0.15, 0.2) is 78.9 Å². The van der Waals surface area contributed by atoms with Gasteiger partial charge in [-0.3, -0.25) is 4.79 Å². The molecule has 0 unspecified atom stereocenters. The third-order valence-electron chi connectivity index (χ3n) is 4.22. The van der Waals surface area contributed by atoms with Crippen LogP contribution in [-0.4, -0.2) is 19.6 Å². The van der Waals surface area contributed by atoms with Crippen LogP contribution < -0.4 is 25.6 Å². The van der Waals surface area contributed by atoms with Gasteiger partial charge in [-0.05, 0) is 35.4 Å². The predicted molar refractivity (Wildman–Crippen MR) is 114 cm³/mol. The first-order valence-electron chi connectivity index (χ1n) is 9.39. The van der Waals surface area contributed by atoms with E-state index >= 15 is 0 Å². The fourth-order valence-corrected chi connectivity index (χ4v) is 2.70. The van der Waals surface area contributed by atoms with Crippen LogP contribution >= 0.6 is 0 Å². The predicted octanol–water partition coefficient (Wildman–Crippen LogP) is 3.51. The summed E-state index contributed by atoms with van der Waals surface area (Å²) >= 11 is 0. The molecule has 1 amide bonds. The van der Waals surface area contributed by atoms with E-state index in [2.05, 4.69) is 16.2 Å². The normalized spacial score (nSPS) is 10.2. The van der Waals surface area contributed by atoms with Crippen molar-refractivity contribution in [2.24, 2.45) is 0 Å². The number of methoxy groups -OCH3 is 1. The highest BCUT2D eigenvalue weighted by atomic mass is 16.5. The lowest BCUT2D eigenvalue weighted by atomic mass is 10.2. The van der Waals surface area contributed by atoms with E-state index in [0.29, 0.717) is 24.6 Å². The molecule has 0 saturated heterocycles. The van der Waals surface area contributed by atoms with Crippen molar-refractivity contribution in [3.05, 3.63) is 90.0 Å². The highest BCUT2D eigenvalue weighted by Crippen LogP contribution is 2.28. The third-order valence-corrected chi connectivity index (χ3v) is 4.22. The van der Waals surface area contributed by atoms with Crippen LogP contribution in [0.25, 0.3) is 0 Å². The Morgan fingerprint density at radius 3 is 2.28 bits per heavy atom. The number of carbonyl (C=O) groups excluding carboxylic acids is 1. The summed E-state index contributed by atoms with van der Waals surface area (Å²) in [4.78, 5) is 12.0. The first-order valence-corrected chi connectivity index (χ1v) is 9.39. The van der Waals surface area contributed by atoms with Crippen LogP contribution in [-0.2, 0) is 17.9 Å². The zero-order chi connectivity index (χ0) is 20.3. The number of carbonyl (C=O) groups is 1. The van der Waals surface area contributed by atoms with Crippen molar-refractivity contribution in [1.82, 2.24) is 10.7 Å². The highest BCUT2D eigenvalue weighted by Gasteiger charge is 2.09. The first kappa shape index (κ1) is 20.2. The van der Waals surface area contributed by atoms with Crippen molar-refractivity contribution >= 4 is 11.6 Å². The average Bonchev–Trinajstić information content (AvgIpc) is 2.78. The lowest BCUT2D eigenvalue weighted by Crippen LogP contribution is -2.28. The molecule has 0 aliphatic carbocycles. The Labute approximate surface area is 170 Å². The lowest BCUT2D eigenvalue weighted by molar-refractivity contribution is -0.123. The van der Waals surface area contributed by atoms with Gasteiger partial charge >= 0.3 is 0 Å². The molecule has 3 aromatic rings. The Bertz CT molecular complexity index is 902. The molecule has 0 radical (unpaired) electrons. The molecule has 150 valence electrons. The Morgan fingerprint density at radius 1 is 0.828 bits per heavy atom. The van der Waals surface area contributed by atoms with E-state index in [0.717, 1.165) is 16.8 Å². The second-order valence-electron chi connectivity index (χ2n) is 6.38. The SMILES string of the molecule is COc1cc(CNNc2ccccc2)ccc1OCC(=O)NCc1ccccc1. The number of benzene rings is 3. The smallest absolute Gasteiger partial charge is 0.258 e. The van der Waals surface area contributed by atoms with Crippen LogP contribution in [0.3, 0.4) is 0 Å². The number of hydrazine groups is 1. The summed E-state index contributed by atoms with van der Waals surface area (Å²) < 4.78 is 11.0. The molecule has 0 atom stereocenters. The van der Waals surface area contributed by atoms with Gasteiger partial charge in [-0.15, -0.1) is 0 Å². The lowest BCUT2D eigenvalue weighted by Gasteiger charge is -2.13. The zero-order valence-corrected chi connectivity index (χ0v) is 16.4. The quantitative estimate of drug-likeness (QED) is 0.462. The zero-order valence-electron chi connectivity index (χ0n) is 16.4. The van der Waals surface area contributed by atoms with E-state index in [1.165, 1.54) is 0 Å². The largest absolute Gasteiger partial charge is 0.493 e. The molecule has 6 heteroatoms. The third kappa shape index (κ3) is 6.55. The van der Waals surface area contributed by atoms with Crippen molar-refractivity contribution < 1.29 is 14.3 Å². The maximum Gasteiger partial charge on any atom is 0.258 e. The molecule has 6 nitrogen and oxygen atoms in total. The van der Waals surface area contributed by atoms with Crippen LogP contribution in [0.1, 0.15) is 11.1 Å². The molecule has 3 aromatic carbocycles. The van der Waals surface area contributed by atoms with Gasteiger partial charge in [0.25, 0.3) is 5.91 Å². The van der Waals surface area contributed by atoms with Crippen LogP contribution in [0, 0.1) is 0 Å². The fraction of sp³-hybridized carbons (Fsp3) is 0.174. The topological polar surface area (TPSA) is 71.6 Å². The first-order chi connectivity index (χ1) is 14.2. The maximum atomic E-state index is 12.0. The van der Waals surface area contributed by atoms with Gasteiger partial charge in [0, 0.05) is 18.8 Å². The van der Waals surface area contributed by atoms with E-state index in [-0.39, 0.29) is 12.5 Å². The molecule has 3 N–H and O–H groups in total. The number of anilines is 1. The number of para-hydroxylation sites is 1. The van der Waals surface area contributed by atoms with Gasteiger partial charge in [0.05, 0.1) is 7.11 Å². The number of rotatable bonds is 10. The molecule has 0 aliphatic heterocycles. The Hall–Kier alpha value is -3.51. The molecule has 0 bridgehead atoms. The number of hydrogen-bond acceptors (Lipinski definition) is 5. The summed E-state index contributed by atoms with van der Waals surface area (Å²) in [5.41, 5.74) is 9.35. The molecule has 0 aliphatic rings. The second kappa shape index (κ2) is 10.7.